The molecule has 0 aliphatic carbocycles. The first kappa shape index (κ1) is 26.2. The molecule has 2 aromatic carbocycles. The quantitative estimate of drug-likeness (QED) is 0.214. The Morgan fingerprint density at radius 2 is 1.47 bits per heavy atom. The van der Waals surface area contributed by atoms with E-state index in [2.05, 4.69) is 50.1 Å². The van der Waals surface area contributed by atoms with E-state index < -0.39 is 15.9 Å². The van der Waals surface area contributed by atoms with E-state index in [4.69, 9.17) is 61.1 Å². The van der Waals surface area contributed by atoms with Gasteiger partial charge in [0.25, 0.3) is 0 Å². The molecule has 0 aliphatic rings. The van der Waals surface area contributed by atoms with Crippen LogP contribution in [0.2, 0.25) is 0 Å². The minimum absolute atomic E-state index is 0.0410. The molecule has 0 fully saturated rings. The van der Waals surface area contributed by atoms with Crippen molar-refractivity contribution in [1.82, 2.24) is 0 Å². The van der Waals surface area contributed by atoms with Crippen molar-refractivity contribution in [1.29, 1.82) is 0 Å². The van der Waals surface area contributed by atoms with Gasteiger partial charge in [-0.15, -0.1) is 0 Å². The van der Waals surface area contributed by atoms with E-state index in [1.54, 1.807) is 0 Å². The second kappa shape index (κ2) is 12.2. The van der Waals surface area contributed by atoms with Crippen molar-refractivity contribution in [3.05, 3.63) is 106 Å². The Morgan fingerprint density at radius 3 is 1.93 bits per heavy atom. The van der Waals surface area contributed by atoms with E-state index in [0.717, 1.165) is 29.2 Å². The number of benzene rings is 2. The van der Waals surface area contributed by atoms with Gasteiger partial charge in [-0.3, -0.25) is 0 Å². The summed E-state index contributed by atoms with van der Waals surface area (Å²) >= 11 is 32.0. The van der Waals surface area contributed by atoms with Gasteiger partial charge in [-0.2, -0.15) is 50.5 Å². The Balaban J connectivity index is 2.88. The van der Waals surface area contributed by atoms with Gasteiger partial charge in [0.05, 0.1) is 10.5 Å². The van der Waals surface area contributed by atoms with Crippen LogP contribution < -0.4 is 0 Å². The second-order valence-electron chi connectivity index (χ2n) is 7.04. The van der Waals surface area contributed by atoms with Crippen LogP contribution in [0, 0.1) is 11.0 Å². The van der Waals surface area contributed by atoms with Gasteiger partial charge in [0, 0.05) is 26.5 Å². The number of rotatable bonds is 11. The standard InChI is InChI=1S/C24H26Cl2S4/c1-16(25)21(28)23(30)24(22(29)17(2)26,19-12-7-4-8-13-19)20(14-9-15-27)18-10-5-3-6-11-18/h3-8,10-13,15,20-22,27-30H,1-2,9,14H2. The van der Waals surface area contributed by atoms with Crippen molar-refractivity contribution in [2.45, 2.75) is 34.7 Å². The third-order valence-corrected chi connectivity index (χ3v) is 8.41. The first-order valence-electron chi connectivity index (χ1n) is 9.45. The van der Waals surface area contributed by atoms with Gasteiger partial charge >= 0.3 is 0 Å². The smallest absolute Gasteiger partial charge is 0.0579 e. The zero-order chi connectivity index (χ0) is 22.3. The molecule has 4 unspecified atom stereocenters. The third kappa shape index (κ3) is 5.63. The lowest BCUT2D eigenvalue weighted by Gasteiger charge is -2.50. The molecule has 4 atom stereocenters. The molecule has 2 rings (SSSR count). The molecule has 160 valence electrons. The second-order valence-corrected chi connectivity index (χ2v) is 9.89. The van der Waals surface area contributed by atoms with Crippen molar-refractivity contribution < 1.29 is 0 Å². The van der Waals surface area contributed by atoms with Crippen LogP contribution in [0.1, 0.15) is 29.9 Å². The molecular formula is C24H26Cl2S4. The molecule has 6 heteroatoms. The Kier molecular flexibility index (Phi) is 10.7. The summed E-state index contributed by atoms with van der Waals surface area (Å²) in [5.41, 5.74) is 1.40. The maximum atomic E-state index is 6.53. The summed E-state index contributed by atoms with van der Waals surface area (Å²) in [4.78, 5) is 0. The molecule has 0 saturated carbocycles. The normalized spacial score (nSPS) is 16.5. The van der Waals surface area contributed by atoms with Gasteiger partial charge in [-0.05, 0) is 29.9 Å². The summed E-state index contributed by atoms with van der Waals surface area (Å²) in [6.07, 6.45) is 1.58. The summed E-state index contributed by atoms with van der Waals surface area (Å²) in [6.45, 7) is 7.93. The summed E-state index contributed by atoms with van der Waals surface area (Å²) in [5.74, 6) is 1.83. The van der Waals surface area contributed by atoms with Crippen LogP contribution in [0.3, 0.4) is 0 Å². The Morgan fingerprint density at radius 1 is 0.933 bits per heavy atom. The van der Waals surface area contributed by atoms with Crippen molar-refractivity contribution in [3.8, 4) is 0 Å². The van der Waals surface area contributed by atoms with Crippen LogP contribution in [0.15, 0.2) is 83.9 Å². The lowest BCUT2D eigenvalue weighted by Crippen LogP contribution is -2.49. The first-order chi connectivity index (χ1) is 14.3. The summed E-state index contributed by atoms with van der Waals surface area (Å²) in [7, 11) is 0. The van der Waals surface area contributed by atoms with E-state index in [0.29, 0.717) is 10.1 Å². The molecule has 30 heavy (non-hydrogen) atoms. The molecule has 0 aliphatic heterocycles. The SMILES string of the molecule is C=C(Cl)C(S)[C](S)C(c1ccccc1)(C(S)C(=C)Cl)C(CC[CH]S)c1ccccc1. The fraction of sp³-hybridized carbons (Fsp3) is 0.250. The Labute approximate surface area is 213 Å². The minimum atomic E-state index is -0.755. The molecule has 0 bridgehead atoms. The number of halogens is 2. The van der Waals surface area contributed by atoms with Crippen LogP contribution in [0.5, 0.6) is 0 Å². The summed E-state index contributed by atoms with van der Waals surface area (Å²) in [6, 6.07) is 20.4. The lowest BCUT2D eigenvalue weighted by molar-refractivity contribution is 0.372. The summed E-state index contributed by atoms with van der Waals surface area (Å²) < 4.78 is 0. The van der Waals surface area contributed by atoms with Gasteiger partial charge in [0.1, 0.15) is 0 Å². The molecule has 0 heterocycles. The van der Waals surface area contributed by atoms with Crippen molar-refractivity contribution >= 4 is 73.7 Å². The van der Waals surface area contributed by atoms with E-state index in [-0.39, 0.29) is 5.92 Å². The fourth-order valence-corrected chi connectivity index (χ4v) is 5.80. The first-order valence-corrected chi connectivity index (χ1v) is 12.2. The number of hydrogen-bond acceptors (Lipinski definition) is 4. The Bertz CT molecular complexity index is 828. The average Bonchev–Trinajstić information content (AvgIpc) is 2.76. The van der Waals surface area contributed by atoms with E-state index in [1.807, 2.05) is 42.2 Å². The zero-order valence-corrected chi connectivity index (χ0v) is 21.5. The van der Waals surface area contributed by atoms with Crippen molar-refractivity contribution in [2.24, 2.45) is 0 Å². The molecular weight excluding hydrogens is 487 g/mol. The monoisotopic (exact) mass is 512 g/mol. The maximum Gasteiger partial charge on any atom is 0.0579 e. The highest BCUT2D eigenvalue weighted by atomic mass is 35.5. The molecule has 0 aromatic heterocycles. The van der Waals surface area contributed by atoms with Gasteiger partial charge in [-0.25, -0.2) is 0 Å². The van der Waals surface area contributed by atoms with Crippen molar-refractivity contribution in [2.75, 3.05) is 0 Å². The molecule has 0 saturated heterocycles. The molecule has 0 amide bonds. The summed E-state index contributed by atoms with van der Waals surface area (Å²) in [5, 5.41) is 0.603. The lowest BCUT2D eigenvalue weighted by atomic mass is 9.61. The fourth-order valence-electron chi connectivity index (χ4n) is 3.94. The minimum Gasteiger partial charge on any atom is -0.175 e. The molecule has 0 spiro atoms. The molecule has 0 nitrogen and oxygen atoms in total. The number of thiol groups is 4. The molecule has 0 N–H and O–H groups in total. The largest absolute Gasteiger partial charge is 0.175 e. The van der Waals surface area contributed by atoms with Crippen LogP contribution in [-0.2, 0) is 5.41 Å². The highest BCUT2D eigenvalue weighted by molar-refractivity contribution is 7.87. The zero-order valence-electron chi connectivity index (χ0n) is 16.5. The van der Waals surface area contributed by atoms with E-state index in [9.17, 15) is 0 Å². The van der Waals surface area contributed by atoms with E-state index in [1.165, 1.54) is 0 Å². The van der Waals surface area contributed by atoms with Crippen LogP contribution in [0.4, 0.5) is 0 Å². The predicted octanol–water partition coefficient (Wildman–Crippen LogP) is 8.14. The van der Waals surface area contributed by atoms with Gasteiger partial charge in [0.2, 0.25) is 0 Å². The highest BCUT2D eigenvalue weighted by Gasteiger charge is 2.53. The van der Waals surface area contributed by atoms with Crippen LogP contribution in [-0.4, -0.2) is 10.5 Å². The topological polar surface area (TPSA) is 0 Å². The molecule has 2 aromatic rings. The highest BCUT2D eigenvalue weighted by Crippen LogP contribution is 2.58. The maximum absolute atomic E-state index is 6.53. The number of hydrogen-bond donors (Lipinski definition) is 4. The van der Waals surface area contributed by atoms with Gasteiger partial charge in [0.15, 0.2) is 0 Å². The van der Waals surface area contributed by atoms with E-state index >= 15 is 0 Å². The third-order valence-electron chi connectivity index (χ3n) is 5.30. The van der Waals surface area contributed by atoms with Gasteiger partial charge < -0.3 is 0 Å². The van der Waals surface area contributed by atoms with Gasteiger partial charge in [-0.1, -0.05) is 97.0 Å². The molecule has 2 radical (unpaired) electrons. The average molecular weight is 514 g/mol. The van der Waals surface area contributed by atoms with Crippen molar-refractivity contribution in [3.63, 3.8) is 0 Å². The van der Waals surface area contributed by atoms with Crippen LogP contribution >= 0.6 is 73.7 Å². The Hall–Kier alpha value is -0.100. The predicted molar refractivity (Wildman–Crippen MR) is 148 cm³/mol. The van der Waals surface area contributed by atoms with Crippen LogP contribution in [0.25, 0.3) is 0 Å².